The number of hydrogen-bond donors (Lipinski definition) is 2. The van der Waals surface area contributed by atoms with E-state index in [-0.39, 0.29) is 0 Å². The summed E-state index contributed by atoms with van der Waals surface area (Å²) in [7, 11) is -3.09. The van der Waals surface area contributed by atoms with Crippen LogP contribution in [0.4, 0.5) is 11.8 Å². The zero-order chi connectivity index (χ0) is 20.4. The maximum absolute atomic E-state index is 11.6. The molecule has 2 saturated heterocycles. The Bertz CT molecular complexity index is 948. The van der Waals surface area contributed by atoms with Crippen molar-refractivity contribution in [2.75, 3.05) is 82.0 Å². The van der Waals surface area contributed by atoms with Crippen molar-refractivity contribution in [1.29, 1.82) is 0 Å². The number of piperazine rings is 1. The van der Waals surface area contributed by atoms with Crippen LogP contribution < -0.4 is 10.2 Å². The molecule has 29 heavy (non-hydrogen) atoms. The molecule has 10 nitrogen and oxygen atoms in total. The Morgan fingerprint density at radius 2 is 1.86 bits per heavy atom. The number of H-pyrrole nitrogens is 1. The van der Waals surface area contributed by atoms with Gasteiger partial charge in [0.25, 0.3) is 0 Å². The molecule has 0 unspecified atom stereocenters. The summed E-state index contributed by atoms with van der Waals surface area (Å²) in [5.41, 5.74) is 1.89. The predicted octanol–water partition coefficient (Wildman–Crippen LogP) is 0.0920. The lowest BCUT2D eigenvalue weighted by atomic mass is 10.3. The molecule has 2 N–H and O–H groups in total. The summed E-state index contributed by atoms with van der Waals surface area (Å²) in [6, 6.07) is 2.06. The zero-order valence-corrected chi connectivity index (χ0v) is 17.8. The Morgan fingerprint density at radius 1 is 1.14 bits per heavy atom. The number of aryl methyl sites for hydroxylation is 1. The van der Waals surface area contributed by atoms with Gasteiger partial charge < -0.3 is 19.9 Å². The number of hydrogen-bond acceptors (Lipinski definition) is 8. The van der Waals surface area contributed by atoms with Crippen molar-refractivity contribution in [2.45, 2.75) is 6.92 Å². The van der Waals surface area contributed by atoms with Crippen LogP contribution >= 0.6 is 0 Å². The van der Waals surface area contributed by atoms with Gasteiger partial charge in [0.15, 0.2) is 0 Å². The molecule has 0 saturated carbocycles. The minimum absolute atomic E-state index is 0.550. The maximum Gasteiger partial charge on any atom is 0.229 e. The Hall–Kier alpha value is -1.95. The quantitative estimate of drug-likeness (QED) is 0.673. The topological polar surface area (TPSA) is 107 Å². The van der Waals surface area contributed by atoms with Crippen LogP contribution in [0, 0.1) is 6.92 Å². The van der Waals surface area contributed by atoms with Crippen molar-refractivity contribution in [3.8, 4) is 0 Å². The highest BCUT2D eigenvalue weighted by molar-refractivity contribution is 7.88. The Labute approximate surface area is 171 Å². The summed E-state index contributed by atoms with van der Waals surface area (Å²) >= 11 is 0. The molecule has 4 rings (SSSR count). The fourth-order valence-corrected chi connectivity index (χ4v) is 4.61. The van der Waals surface area contributed by atoms with E-state index < -0.39 is 10.0 Å². The van der Waals surface area contributed by atoms with E-state index in [4.69, 9.17) is 14.7 Å². The maximum atomic E-state index is 11.6. The molecule has 2 aliphatic rings. The second kappa shape index (κ2) is 8.42. The van der Waals surface area contributed by atoms with Gasteiger partial charge >= 0.3 is 0 Å². The van der Waals surface area contributed by atoms with E-state index in [9.17, 15) is 8.42 Å². The van der Waals surface area contributed by atoms with Crippen LogP contribution in [0.3, 0.4) is 0 Å². The van der Waals surface area contributed by atoms with Crippen molar-refractivity contribution in [2.24, 2.45) is 0 Å². The summed E-state index contributed by atoms with van der Waals surface area (Å²) in [5, 5.41) is 4.45. The van der Waals surface area contributed by atoms with Gasteiger partial charge in [-0.3, -0.25) is 4.90 Å². The van der Waals surface area contributed by atoms with Crippen LogP contribution in [0.5, 0.6) is 0 Å². The first-order valence-electron chi connectivity index (χ1n) is 10.0. The minimum Gasteiger partial charge on any atom is -0.378 e. The minimum atomic E-state index is -3.09. The fourth-order valence-electron chi connectivity index (χ4n) is 3.79. The highest BCUT2D eigenvalue weighted by atomic mass is 32.2. The molecule has 2 fully saturated rings. The van der Waals surface area contributed by atoms with Gasteiger partial charge in [0.1, 0.15) is 11.5 Å². The molecule has 2 aliphatic heterocycles. The number of anilines is 2. The van der Waals surface area contributed by atoms with Crippen molar-refractivity contribution in [1.82, 2.24) is 24.2 Å². The van der Waals surface area contributed by atoms with Crippen LogP contribution in [0.1, 0.15) is 5.69 Å². The number of rotatable bonds is 6. The molecule has 160 valence electrons. The molecule has 0 aromatic carbocycles. The molecular weight excluding hydrogens is 394 g/mol. The summed E-state index contributed by atoms with van der Waals surface area (Å²) in [4.78, 5) is 17.2. The second-order valence-electron chi connectivity index (χ2n) is 7.62. The van der Waals surface area contributed by atoms with Crippen LogP contribution in [0.2, 0.25) is 0 Å². The van der Waals surface area contributed by atoms with E-state index in [0.29, 0.717) is 32.3 Å². The number of aromatic nitrogens is 3. The summed E-state index contributed by atoms with van der Waals surface area (Å²) in [5.74, 6) is 1.54. The normalized spacial score (nSPS) is 19.7. The third-order valence-electron chi connectivity index (χ3n) is 5.42. The SMILES string of the molecule is Cc1cc2c(NCCN3CCN(S(C)(=O)=O)CC3)nc(N3CCOCC3)nc2[nH]1. The lowest BCUT2D eigenvalue weighted by molar-refractivity contribution is 0.122. The predicted molar refractivity (Wildman–Crippen MR) is 113 cm³/mol. The highest BCUT2D eigenvalue weighted by Gasteiger charge is 2.23. The number of sulfonamides is 1. The number of morpholine rings is 1. The summed E-state index contributed by atoms with van der Waals surface area (Å²) in [6.07, 6.45) is 1.27. The van der Waals surface area contributed by atoms with Crippen molar-refractivity contribution >= 4 is 32.8 Å². The molecular formula is C18H29N7O3S. The van der Waals surface area contributed by atoms with Crippen molar-refractivity contribution in [3.63, 3.8) is 0 Å². The smallest absolute Gasteiger partial charge is 0.229 e. The number of nitrogens with one attached hydrogen (secondary N) is 2. The largest absolute Gasteiger partial charge is 0.378 e. The molecule has 2 aromatic rings. The molecule has 2 aromatic heterocycles. The van der Waals surface area contributed by atoms with E-state index >= 15 is 0 Å². The van der Waals surface area contributed by atoms with Crippen LogP contribution in [-0.2, 0) is 14.8 Å². The molecule has 0 spiro atoms. The average molecular weight is 424 g/mol. The lowest BCUT2D eigenvalue weighted by Gasteiger charge is -2.33. The Balaban J connectivity index is 1.41. The average Bonchev–Trinajstić information content (AvgIpc) is 3.08. The first kappa shape index (κ1) is 20.3. The van der Waals surface area contributed by atoms with E-state index in [1.54, 1.807) is 4.31 Å². The first-order valence-corrected chi connectivity index (χ1v) is 11.9. The Kier molecular flexibility index (Phi) is 5.91. The van der Waals surface area contributed by atoms with Crippen LogP contribution in [0.15, 0.2) is 6.07 Å². The number of fused-ring (bicyclic) bond motifs is 1. The number of aromatic amines is 1. The molecule has 0 bridgehead atoms. The number of ether oxygens (including phenoxy) is 1. The molecule has 4 heterocycles. The van der Waals surface area contributed by atoms with Crippen molar-refractivity contribution in [3.05, 3.63) is 11.8 Å². The molecule has 0 radical (unpaired) electrons. The van der Waals surface area contributed by atoms with Gasteiger partial charge in [-0.15, -0.1) is 0 Å². The van der Waals surface area contributed by atoms with Crippen LogP contribution in [-0.4, -0.2) is 104 Å². The Morgan fingerprint density at radius 3 is 2.55 bits per heavy atom. The standard InChI is InChI=1S/C18H29N7O3S/c1-14-13-15-16(19-3-4-23-5-7-25(8-6-23)29(2,26)27)21-18(22-17(15)20-14)24-9-11-28-12-10-24/h13H,3-12H2,1-2H3,(H2,19,20,21,22). The second-order valence-corrected chi connectivity index (χ2v) is 9.60. The summed E-state index contributed by atoms with van der Waals surface area (Å²) < 4.78 is 30.3. The van der Waals surface area contributed by atoms with Gasteiger partial charge in [0.2, 0.25) is 16.0 Å². The van der Waals surface area contributed by atoms with Gasteiger partial charge in [-0.05, 0) is 13.0 Å². The third kappa shape index (κ3) is 4.80. The first-order chi connectivity index (χ1) is 13.9. The third-order valence-corrected chi connectivity index (χ3v) is 6.73. The van der Waals surface area contributed by atoms with Crippen LogP contribution in [0.25, 0.3) is 11.0 Å². The molecule has 0 aliphatic carbocycles. The van der Waals surface area contributed by atoms with Gasteiger partial charge in [0, 0.05) is 58.1 Å². The van der Waals surface area contributed by atoms with Crippen molar-refractivity contribution < 1.29 is 13.2 Å². The van der Waals surface area contributed by atoms with E-state index in [1.807, 2.05) is 6.92 Å². The van der Waals surface area contributed by atoms with Gasteiger partial charge in [-0.2, -0.15) is 14.3 Å². The number of nitrogens with zero attached hydrogens (tertiary/aromatic N) is 5. The molecule has 0 amide bonds. The van der Waals surface area contributed by atoms with E-state index in [1.165, 1.54) is 6.26 Å². The monoisotopic (exact) mass is 423 g/mol. The van der Waals surface area contributed by atoms with Gasteiger partial charge in [-0.25, -0.2) is 8.42 Å². The van der Waals surface area contributed by atoms with Gasteiger partial charge in [-0.1, -0.05) is 0 Å². The zero-order valence-electron chi connectivity index (χ0n) is 17.0. The van der Waals surface area contributed by atoms with E-state index in [0.717, 1.165) is 61.8 Å². The fraction of sp³-hybridized carbons (Fsp3) is 0.667. The molecule has 0 atom stereocenters. The van der Waals surface area contributed by atoms with Gasteiger partial charge in [0.05, 0.1) is 24.9 Å². The van der Waals surface area contributed by atoms with E-state index in [2.05, 4.69) is 26.2 Å². The summed E-state index contributed by atoms with van der Waals surface area (Å²) in [6.45, 7) is 9.12. The lowest BCUT2D eigenvalue weighted by Crippen LogP contribution is -2.49. The molecule has 11 heteroatoms. The highest BCUT2D eigenvalue weighted by Crippen LogP contribution is 2.24.